The minimum Gasteiger partial charge on any atom is -0.497 e. The largest absolute Gasteiger partial charge is 0.497 e. The molecule has 0 aliphatic carbocycles. The molecule has 22 heavy (non-hydrogen) atoms. The Bertz CT molecular complexity index is 598. The Balaban J connectivity index is 2.14. The van der Waals surface area contributed by atoms with Gasteiger partial charge < -0.3 is 9.47 Å². The van der Waals surface area contributed by atoms with E-state index in [1.54, 1.807) is 7.11 Å². The zero-order chi connectivity index (χ0) is 16.1. The van der Waals surface area contributed by atoms with Crippen molar-refractivity contribution in [3.05, 3.63) is 59.2 Å². The Morgan fingerprint density at radius 3 is 2.09 bits per heavy atom. The molecule has 0 N–H and O–H groups in total. The second kappa shape index (κ2) is 7.35. The molecule has 2 heteroatoms. The second-order valence-corrected chi connectivity index (χ2v) is 6.24. The topological polar surface area (TPSA) is 18.5 Å². The van der Waals surface area contributed by atoms with Gasteiger partial charge in [-0.1, -0.05) is 52.0 Å². The maximum atomic E-state index is 6.05. The molecule has 2 nitrogen and oxygen atoms in total. The third kappa shape index (κ3) is 4.03. The number of hydrogen-bond acceptors (Lipinski definition) is 2. The molecule has 2 aromatic rings. The molecule has 0 bridgehead atoms. The normalized spacial score (nSPS) is 11.0. The third-order valence-electron chi connectivity index (χ3n) is 3.88. The van der Waals surface area contributed by atoms with Gasteiger partial charge in [0.05, 0.1) is 7.11 Å². The van der Waals surface area contributed by atoms with E-state index in [4.69, 9.17) is 9.47 Å². The predicted octanol–water partition coefficient (Wildman–Crippen LogP) is 5.52. The van der Waals surface area contributed by atoms with Crippen molar-refractivity contribution < 1.29 is 9.47 Å². The quantitative estimate of drug-likeness (QED) is 0.699. The van der Waals surface area contributed by atoms with E-state index in [9.17, 15) is 0 Å². The van der Waals surface area contributed by atoms with Crippen LogP contribution in [0.15, 0.2) is 42.5 Å². The Morgan fingerprint density at radius 1 is 0.864 bits per heavy atom. The number of hydrogen-bond donors (Lipinski definition) is 0. The molecular formula is C20H26O2. The van der Waals surface area contributed by atoms with Crippen molar-refractivity contribution in [2.75, 3.05) is 7.11 Å². The van der Waals surface area contributed by atoms with Gasteiger partial charge >= 0.3 is 0 Å². The molecule has 0 aliphatic heterocycles. The van der Waals surface area contributed by atoms with Gasteiger partial charge in [0.2, 0.25) is 0 Å². The first kappa shape index (κ1) is 16.4. The molecule has 0 atom stereocenters. The van der Waals surface area contributed by atoms with Crippen LogP contribution in [0.5, 0.6) is 11.5 Å². The first-order valence-corrected chi connectivity index (χ1v) is 7.90. The minimum atomic E-state index is 0.449. The Kier molecular flexibility index (Phi) is 5.48. The summed E-state index contributed by atoms with van der Waals surface area (Å²) in [6.07, 6.45) is 0. The molecule has 118 valence electrons. The molecule has 0 amide bonds. The van der Waals surface area contributed by atoms with E-state index in [0.717, 1.165) is 17.1 Å². The fraction of sp³-hybridized carbons (Fsp3) is 0.400. The van der Waals surface area contributed by atoms with Crippen molar-refractivity contribution in [3.63, 3.8) is 0 Å². The van der Waals surface area contributed by atoms with Crippen LogP contribution in [0.25, 0.3) is 0 Å². The summed E-state index contributed by atoms with van der Waals surface area (Å²) in [6.45, 7) is 9.43. The van der Waals surface area contributed by atoms with Gasteiger partial charge in [-0.3, -0.25) is 0 Å². The van der Waals surface area contributed by atoms with Crippen LogP contribution < -0.4 is 9.47 Å². The van der Waals surface area contributed by atoms with Gasteiger partial charge in [0, 0.05) is 0 Å². The van der Waals surface area contributed by atoms with Crippen LogP contribution in [0.1, 0.15) is 56.2 Å². The lowest BCUT2D eigenvalue weighted by molar-refractivity contribution is 0.301. The van der Waals surface area contributed by atoms with Crippen LogP contribution in [0.3, 0.4) is 0 Å². The number of ether oxygens (including phenoxy) is 2. The van der Waals surface area contributed by atoms with E-state index >= 15 is 0 Å². The van der Waals surface area contributed by atoms with Crippen molar-refractivity contribution in [2.45, 2.75) is 46.1 Å². The molecule has 0 unspecified atom stereocenters. The van der Waals surface area contributed by atoms with E-state index in [2.05, 4.69) is 45.9 Å². The Labute approximate surface area is 134 Å². The van der Waals surface area contributed by atoms with E-state index in [-0.39, 0.29) is 0 Å². The number of methoxy groups -OCH3 is 1. The molecule has 0 heterocycles. The maximum absolute atomic E-state index is 6.05. The minimum absolute atomic E-state index is 0.449. The van der Waals surface area contributed by atoms with Crippen molar-refractivity contribution in [3.8, 4) is 11.5 Å². The summed E-state index contributed by atoms with van der Waals surface area (Å²) < 4.78 is 11.2. The van der Waals surface area contributed by atoms with E-state index in [1.165, 1.54) is 11.1 Å². The molecule has 0 saturated carbocycles. The standard InChI is InChI=1S/C20H26O2/c1-14(2)17-8-11-20(19(12-17)15(3)4)22-13-16-6-9-18(21-5)10-7-16/h6-12,14-15H,13H2,1-5H3. The zero-order valence-electron chi connectivity index (χ0n) is 14.2. The van der Waals surface area contributed by atoms with Gasteiger partial charge in [-0.15, -0.1) is 0 Å². The SMILES string of the molecule is COc1ccc(COc2ccc(C(C)C)cc2C(C)C)cc1. The van der Waals surface area contributed by atoms with Gasteiger partial charge in [0.15, 0.2) is 0 Å². The summed E-state index contributed by atoms with van der Waals surface area (Å²) in [5.74, 6) is 2.83. The lowest BCUT2D eigenvalue weighted by Gasteiger charge is -2.17. The summed E-state index contributed by atoms with van der Waals surface area (Å²) in [7, 11) is 1.68. The fourth-order valence-corrected chi connectivity index (χ4v) is 2.39. The summed E-state index contributed by atoms with van der Waals surface area (Å²) in [6, 6.07) is 14.5. The molecule has 0 aliphatic rings. The van der Waals surface area contributed by atoms with Crippen LogP contribution >= 0.6 is 0 Å². The van der Waals surface area contributed by atoms with Crippen molar-refractivity contribution >= 4 is 0 Å². The van der Waals surface area contributed by atoms with Gasteiger partial charge in [0.25, 0.3) is 0 Å². The third-order valence-corrected chi connectivity index (χ3v) is 3.88. The summed E-state index contributed by atoms with van der Waals surface area (Å²) in [4.78, 5) is 0. The molecule has 0 saturated heterocycles. The van der Waals surface area contributed by atoms with E-state index in [0.29, 0.717) is 18.4 Å². The van der Waals surface area contributed by atoms with Crippen LogP contribution in [-0.2, 0) is 6.61 Å². The predicted molar refractivity (Wildman–Crippen MR) is 91.9 cm³/mol. The van der Waals surface area contributed by atoms with Crippen LogP contribution in [-0.4, -0.2) is 7.11 Å². The van der Waals surface area contributed by atoms with Crippen LogP contribution in [0, 0.1) is 0 Å². The van der Waals surface area contributed by atoms with Crippen molar-refractivity contribution in [1.29, 1.82) is 0 Å². The van der Waals surface area contributed by atoms with Crippen LogP contribution in [0.4, 0.5) is 0 Å². The first-order valence-electron chi connectivity index (χ1n) is 7.90. The second-order valence-electron chi connectivity index (χ2n) is 6.24. The van der Waals surface area contributed by atoms with Gasteiger partial charge in [0.1, 0.15) is 18.1 Å². The highest BCUT2D eigenvalue weighted by Gasteiger charge is 2.11. The molecule has 0 aromatic heterocycles. The van der Waals surface area contributed by atoms with Gasteiger partial charge in [-0.25, -0.2) is 0 Å². The summed E-state index contributed by atoms with van der Waals surface area (Å²) >= 11 is 0. The highest BCUT2D eigenvalue weighted by Crippen LogP contribution is 2.30. The monoisotopic (exact) mass is 298 g/mol. The summed E-state index contributed by atoms with van der Waals surface area (Å²) in [5.41, 5.74) is 3.78. The molecule has 2 rings (SSSR count). The molecule has 0 spiro atoms. The van der Waals surface area contributed by atoms with Crippen molar-refractivity contribution in [2.24, 2.45) is 0 Å². The van der Waals surface area contributed by atoms with E-state index < -0.39 is 0 Å². The molecule has 2 aromatic carbocycles. The number of rotatable bonds is 6. The first-order chi connectivity index (χ1) is 10.5. The average Bonchev–Trinajstić information content (AvgIpc) is 2.53. The zero-order valence-corrected chi connectivity index (χ0v) is 14.2. The number of benzene rings is 2. The average molecular weight is 298 g/mol. The molecular weight excluding hydrogens is 272 g/mol. The fourth-order valence-electron chi connectivity index (χ4n) is 2.39. The summed E-state index contributed by atoms with van der Waals surface area (Å²) in [5, 5.41) is 0. The van der Waals surface area contributed by atoms with Gasteiger partial charge in [-0.2, -0.15) is 0 Å². The Hall–Kier alpha value is -1.96. The maximum Gasteiger partial charge on any atom is 0.123 e. The van der Waals surface area contributed by atoms with Gasteiger partial charge in [-0.05, 0) is 46.7 Å². The highest BCUT2D eigenvalue weighted by atomic mass is 16.5. The van der Waals surface area contributed by atoms with E-state index in [1.807, 2.05) is 24.3 Å². The molecule has 0 radical (unpaired) electrons. The molecule has 0 fully saturated rings. The lowest BCUT2D eigenvalue weighted by atomic mass is 9.95. The smallest absolute Gasteiger partial charge is 0.123 e. The Morgan fingerprint density at radius 2 is 1.55 bits per heavy atom. The lowest BCUT2D eigenvalue weighted by Crippen LogP contribution is -2.01. The highest BCUT2D eigenvalue weighted by molar-refractivity contribution is 5.40. The van der Waals surface area contributed by atoms with Crippen LogP contribution in [0.2, 0.25) is 0 Å². The van der Waals surface area contributed by atoms with Crippen molar-refractivity contribution in [1.82, 2.24) is 0 Å².